The molecule has 0 spiro atoms. The Morgan fingerprint density at radius 3 is 3.17 bits per heavy atom. The Hall–Kier alpha value is -2.41. The fourth-order valence-electron chi connectivity index (χ4n) is 1.72. The summed E-state index contributed by atoms with van der Waals surface area (Å²) in [5.41, 5.74) is 2.13. The van der Waals surface area contributed by atoms with Crippen LogP contribution in [0.1, 0.15) is 0 Å². The second-order valence-electron chi connectivity index (χ2n) is 3.68. The van der Waals surface area contributed by atoms with E-state index < -0.39 is 0 Å². The highest BCUT2D eigenvalue weighted by atomic mass is 16.3. The lowest BCUT2D eigenvalue weighted by atomic mass is 10.3. The number of imidazole rings is 1. The molecule has 7 nitrogen and oxygen atoms in total. The SMILES string of the molecule is OCCNc1nc(-c2ccco2)c2[nH]c[nH+]c2n1. The molecular formula is C11H12N5O2+. The first-order chi connectivity index (χ1) is 8.88. The van der Waals surface area contributed by atoms with Crippen molar-refractivity contribution in [2.75, 3.05) is 18.5 Å². The number of hydrogen-bond donors (Lipinski definition) is 3. The van der Waals surface area contributed by atoms with Crippen molar-refractivity contribution in [2.24, 2.45) is 0 Å². The fraction of sp³-hybridized carbons (Fsp3) is 0.182. The molecule has 0 saturated carbocycles. The molecule has 0 bridgehead atoms. The number of aliphatic hydroxyl groups excluding tert-OH is 1. The molecule has 3 aromatic heterocycles. The van der Waals surface area contributed by atoms with Gasteiger partial charge >= 0.3 is 11.6 Å². The van der Waals surface area contributed by atoms with Gasteiger partial charge in [-0.25, -0.2) is 4.98 Å². The lowest BCUT2D eigenvalue weighted by Crippen LogP contribution is -2.10. The lowest BCUT2D eigenvalue weighted by Gasteiger charge is -2.00. The smallest absolute Gasteiger partial charge is 0.305 e. The highest BCUT2D eigenvalue weighted by Crippen LogP contribution is 2.24. The van der Waals surface area contributed by atoms with Gasteiger partial charge in [-0.15, -0.1) is 0 Å². The summed E-state index contributed by atoms with van der Waals surface area (Å²) in [6, 6.07) is 3.63. The maximum absolute atomic E-state index is 8.80. The van der Waals surface area contributed by atoms with E-state index in [2.05, 4.69) is 25.3 Å². The quantitative estimate of drug-likeness (QED) is 0.620. The van der Waals surface area contributed by atoms with E-state index in [1.807, 2.05) is 6.07 Å². The number of rotatable bonds is 4. The van der Waals surface area contributed by atoms with Gasteiger partial charge in [-0.05, 0) is 12.1 Å². The van der Waals surface area contributed by atoms with Crippen LogP contribution in [-0.4, -0.2) is 33.2 Å². The Morgan fingerprint density at radius 1 is 1.44 bits per heavy atom. The molecule has 0 amide bonds. The summed E-state index contributed by atoms with van der Waals surface area (Å²) < 4.78 is 5.36. The van der Waals surface area contributed by atoms with Crippen molar-refractivity contribution >= 4 is 17.1 Å². The van der Waals surface area contributed by atoms with Gasteiger partial charge in [0.15, 0.2) is 17.8 Å². The van der Waals surface area contributed by atoms with Crippen LogP contribution in [0.25, 0.3) is 22.6 Å². The second kappa shape index (κ2) is 4.46. The predicted molar refractivity (Wildman–Crippen MR) is 63.7 cm³/mol. The molecule has 0 atom stereocenters. The molecule has 0 aliphatic heterocycles. The second-order valence-corrected chi connectivity index (χ2v) is 3.68. The summed E-state index contributed by atoms with van der Waals surface area (Å²) in [6.45, 7) is 0.419. The zero-order chi connectivity index (χ0) is 12.4. The first-order valence-corrected chi connectivity index (χ1v) is 5.54. The van der Waals surface area contributed by atoms with Gasteiger partial charge in [-0.2, -0.15) is 4.98 Å². The van der Waals surface area contributed by atoms with E-state index in [1.165, 1.54) is 0 Å². The summed E-state index contributed by atoms with van der Waals surface area (Å²) >= 11 is 0. The molecule has 3 heterocycles. The van der Waals surface area contributed by atoms with Crippen LogP contribution in [0, 0.1) is 0 Å². The number of aliphatic hydroxyl groups is 1. The summed E-state index contributed by atoms with van der Waals surface area (Å²) in [7, 11) is 0. The Bertz CT molecular complexity index is 647. The third kappa shape index (κ3) is 1.80. The number of nitrogens with one attached hydrogen (secondary N) is 3. The molecule has 0 aromatic carbocycles. The van der Waals surface area contributed by atoms with Gasteiger partial charge < -0.3 is 14.8 Å². The van der Waals surface area contributed by atoms with E-state index in [0.717, 1.165) is 5.52 Å². The molecule has 0 saturated heterocycles. The van der Waals surface area contributed by atoms with Gasteiger partial charge in [0.05, 0.1) is 12.9 Å². The Morgan fingerprint density at radius 2 is 2.39 bits per heavy atom. The van der Waals surface area contributed by atoms with Gasteiger partial charge in [0.2, 0.25) is 5.52 Å². The van der Waals surface area contributed by atoms with Crippen LogP contribution in [0.3, 0.4) is 0 Å². The minimum Gasteiger partial charge on any atom is -0.463 e. The molecule has 3 aromatic rings. The van der Waals surface area contributed by atoms with E-state index in [1.54, 1.807) is 18.7 Å². The molecule has 18 heavy (non-hydrogen) atoms. The monoisotopic (exact) mass is 246 g/mol. The summed E-state index contributed by atoms with van der Waals surface area (Å²) in [6.07, 6.45) is 3.28. The first kappa shape index (κ1) is 10.7. The number of nitrogens with zero attached hydrogens (tertiary/aromatic N) is 2. The number of aromatic nitrogens is 4. The first-order valence-electron chi connectivity index (χ1n) is 5.54. The summed E-state index contributed by atoms with van der Waals surface area (Å²) in [4.78, 5) is 14.7. The van der Waals surface area contributed by atoms with Gasteiger partial charge in [0.25, 0.3) is 0 Å². The largest absolute Gasteiger partial charge is 0.463 e. The van der Waals surface area contributed by atoms with Crippen LogP contribution in [0.4, 0.5) is 5.95 Å². The Kier molecular flexibility index (Phi) is 2.66. The minimum atomic E-state index is 0.0222. The van der Waals surface area contributed by atoms with Crippen molar-refractivity contribution in [1.29, 1.82) is 0 Å². The molecule has 0 unspecified atom stereocenters. The maximum atomic E-state index is 8.80. The number of anilines is 1. The van der Waals surface area contributed by atoms with Crippen LogP contribution in [0.5, 0.6) is 0 Å². The summed E-state index contributed by atoms with van der Waals surface area (Å²) in [5.74, 6) is 1.10. The summed E-state index contributed by atoms with van der Waals surface area (Å²) in [5, 5.41) is 11.7. The Labute approximate surface area is 102 Å². The highest BCUT2D eigenvalue weighted by Gasteiger charge is 2.18. The van der Waals surface area contributed by atoms with Crippen molar-refractivity contribution in [2.45, 2.75) is 0 Å². The van der Waals surface area contributed by atoms with Crippen LogP contribution in [0.2, 0.25) is 0 Å². The Balaban J connectivity index is 2.12. The molecule has 3 rings (SSSR count). The van der Waals surface area contributed by atoms with Gasteiger partial charge in [0.1, 0.15) is 0 Å². The third-order valence-electron chi connectivity index (χ3n) is 2.48. The lowest BCUT2D eigenvalue weighted by molar-refractivity contribution is -0.347. The minimum absolute atomic E-state index is 0.0222. The van der Waals surface area contributed by atoms with Crippen molar-refractivity contribution in [3.63, 3.8) is 0 Å². The van der Waals surface area contributed by atoms with Crippen molar-refractivity contribution in [1.82, 2.24) is 15.0 Å². The number of furan rings is 1. The van der Waals surface area contributed by atoms with Crippen molar-refractivity contribution < 1.29 is 14.5 Å². The molecule has 92 valence electrons. The average Bonchev–Trinajstić information content (AvgIpc) is 3.05. The third-order valence-corrected chi connectivity index (χ3v) is 2.48. The van der Waals surface area contributed by atoms with Crippen LogP contribution in [-0.2, 0) is 0 Å². The maximum Gasteiger partial charge on any atom is 0.305 e. The van der Waals surface area contributed by atoms with E-state index in [0.29, 0.717) is 29.6 Å². The number of H-pyrrole nitrogens is 2. The topological polar surface area (TPSA) is 101 Å². The molecule has 0 aliphatic rings. The molecule has 0 aliphatic carbocycles. The van der Waals surface area contributed by atoms with Crippen LogP contribution in [0.15, 0.2) is 29.1 Å². The number of hydrogen-bond acceptors (Lipinski definition) is 5. The zero-order valence-electron chi connectivity index (χ0n) is 9.47. The zero-order valence-corrected chi connectivity index (χ0v) is 9.47. The number of fused-ring (bicyclic) bond motifs is 1. The van der Waals surface area contributed by atoms with E-state index in [4.69, 9.17) is 9.52 Å². The van der Waals surface area contributed by atoms with E-state index >= 15 is 0 Å². The standard InChI is InChI=1S/C11H11N5O2/c17-4-3-12-11-15-8(7-2-1-5-18-7)9-10(16-11)14-6-13-9/h1-2,5-6,17H,3-4H2,(H2,12,13,14,15,16)/p+1. The van der Waals surface area contributed by atoms with Crippen LogP contribution >= 0.6 is 0 Å². The van der Waals surface area contributed by atoms with Gasteiger partial charge in [-0.3, -0.25) is 4.98 Å². The van der Waals surface area contributed by atoms with Gasteiger partial charge in [-0.1, -0.05) is 4.98 Å². The fourth-order valence-corrected chi connectivity index (χ4v) is 1.72. The van der Waals surface area contributed by atoms with Crippen LogP contribution < -0.4 is 10.3 Å². The van der Waals surface area contributed by atoms with Crippen molar-refractivity contribution in [3.8, 4) is 11.5 Å². The predicted octanol–water partition coefficient (Wildman–Crippen LogP) is 0.436. The normalized spacial score (nSPS) is 10.9. The highest BCUT2D eigenvalue weighted by molar-refractivity contribution is 5.84. The number of aromatic amines is 2. The molecule has 0 radical (unpaired) electrons. The molecule has 4 N–H and O–H groups in total. The van der Waals surface area contributed by atoms with E-state index in [-0.39, 0.29) is 6.61 Å². The molecule has 0 fully saturated rings. The average molecular weight is 246 g/mol. The van der Waals surface area contributed by atoms with E-state index in [9.17, 15) is 0 Å². The van der Waals surface area contributed by atoms with Gasteiger partial charge in [0, 0.05) is 6.54 Å². The molecule has 7 heteroatoms. The van der Waals surface area contributed by atoms with Crippen molar-refractivity contribution in [3.05, 3.63) is 24.7 Å². The molecular weight excluding hydrogens is 234 g/mol.